The van der Waals surface area contributed by atoms with Crippen molar-refractivity contribution in [1.82, 2.24) is 0 Å². The molecule has 0 amide bonds. The molecule has 5 atom stereocenters. The second kappa shape index (κ2) is 3.17. The number of carbonyl (C=O) groups is 2. The minimum Gasteiger partial charge on any atom is -0.454 e. The Kier molecular flexibility index (Phi) is 1.92. The average molecular weight is 276 g/mol. The van der Waals surface area contributed by atoms with Crippen LogP contribution in [0.3, 0.4) is 0 Å². The molecule has 4 aliphatic rings. The van der Waals surface area contributed by atoms with E-state index in [1.807, 2.05) is 6.92 Å². The Morgan fingerprint density at radius 3 is 2.85 bits per heavy atom. The van der Waals surface area contributed by atoms with Crippen LogP contribution in [0.2, 0.25) is 0 Å². The van der Waals surface area contributed by atoms with E-state index in [1.165, 1.54) is 6.08 Å². The van der Waals surface area contributed by atoms with E-state index in [1.54, 1.807) is 13.0 Å². The van der Waals surface area contributed by atoms with Gasteiger partial charge in [-0.15, -0.1) is 0 Å². The molecular weight excluding hydrogens is 260 g/mol. The topological polar surface area (TPSA) is 65.1 Å². The summed E-state index contributed by atoms with van der Waals surface area (Å²) in [6.07, 6.45) is 4.17. The molecule has 3 fully saturated rings. The molecule has 5 unspecified atom stereocenters. The highest BCUT2D eigenvalue weighted by molar-refractivity contribution is 5.91. The molecule has 3 heterocycles. The zero-order valence-corrected chi connectivity index (χ0v) is 11.5. The van der Waals surface area contributed by atoms with Crippen LogP contribution in [0.1, 0.15) is 26.7 Å². The molecule has 0 aromatic rings. The number of carbonyl (C=O) groups excluding carboxylic acids is 2. The van der Waals surface area contributed by atoms with Crippen LogP contribution in [-0.4, -0.2) is 34.8 Å². The summed E-state index contributed by atoms with van der Waals surface area (Å²) in [5.41, 5.74) is -1.60. The summed E-state index contributed by atoms with van der Waals surface area (Å²) in [6.45, 7) is 7.65. The fourth-order valence-corrected chi connectivity index (χ4v) is 4.20. The molecule has 5 heteroatoms. The lowest BCUT2D eigenvalue weighted by Gasteiger charge is -2.40. The largest absolute Gasteiger partial charge is 0.454 e. The third-order valence-corrected chi connectivity index (χ3v) is 5.42. The van der Waals surface area contributed by atoms with Gasteiger partial charge in [-0.3, -0.25) is 0 Å². The quantitative estimate of drug-likeness (QED) is 0.379. The zero-order valence-electron chi connectivity index (χ0n) is 11.5. The van der Waals surface area contributed by atoms with Gasteiger partial charge in [0.2, 0.25) is 0 Å². The number of esters is 2. The third-order valence-electron chi connectivity index (χ3n) is 5.42. The smallest absolute Gasteiger partial charge is 0.334 e. The normalized spacial score (nSPS) is 52.4. The Balaban J connectivity index is 1.88. The molecule has 4 rings (SSSR count). The van der Waals surface area contributed by atoms with Gasteiger partial charge in [-0.1, -0.05) is 6.58 Å². The lowest BCUT2D eigenvalue weighted by atomic mass is 9.74. The predicted octanol–water partition coefficient (Wildman–Crippen LogP) is 1.28. The maximum absolute atomic E-state index is 11.8. The van der Waals surface area contributed by atoms with Crippen LogP contribution in [0, 0.1) is 5.92 Å². The maximum Gasteiger partial charge on any atom is 0.334 e. The van der Waals surface area contributed by atoms with Crippen molar-refractivity contribution in [2.45, 2.75) is 49.6 Å². The van der Waals surface area contributed by atoms with Crippen LogP contribution in [0.4, 0.5) is 0 Å². The summed E-state index contributed by atoms with van der Waals surface area (Å²) in [5, 5.41) is 0. The average Bonchev–Trinajstić information content (AvgIpc) is 2.89. The molecule has 3 aliphatic heterocycles. The molecule has 0 N–H and O–H groups in total. The molecular formula is C15H16O5. The van der Waals surface area contributed by atoms with Crippen molar-refractivity contribution in [3.8, 4) is 0 Å². The van der Waals surface area contributed by atoms with Crippen LogP contribution >= 0.6 is 0 Å². The number of epoxide rings is 1. The first-order valence-corrected chi connectivity index (χ1v) is 6.85. The minimum absolute atomic E-state index is 0.114. The van der Waals surface area contributed by atoms with Gasteiger partial charge in [0.15, 0.2) is 17.3 Å². The van der Waals surface area contributed by atoms with Crippen LogP contribution in [-0.2, 0) is 23.8 Å². The van der Waals surface area contributed by atoms with Gasteiger partial charge in [0.1, 0.15) is 5.60 Å². The van der Waals surface area contributed by atoms with Gasteiger partial charge >= 0.3 is 11.9 Å². The predicted molar refractivity (Wildman–Crippen MR) is 67.6 cm³/mol. The Hall–Kier alpha value is -1.62. The standard InChI is InChI=1S/C15H16O5/c1-8-9-4-6-13(2)15(20-13)7-5-10(16)19-14(15,3)11(9)18-12(8)17/h5,7,9,11H,1,4,6H2,2-3H3. The Morgan fingerprint density at radius 2 is 2.10 bits per heavy atom. The van der Waals surface area contributed by atoms with Crippen molar-refractivity contribution in [3.05, 3.63) is 24.3 Å². The summed E-state index contributed by atoms with van der Waals surface area (Å²) in [4.78, 5) is 23.6. The second-order valence-electron chi connectivity index (χ2n) is 6.43. The fraction of sp³-hybridized carbons (Fsp3) is 0.600. The molecule has 0 aromatic carbocycles. The number of fused-ring (bicyclic) bond motifs is 2. The number of hydrogen-bond donors (Lipinski definition) is 0. The van der Waals surface area contributed by atoms with Crippen molar-refractivity contribution < 1.29 is 23.8 Å². The van der Waals surface area contributed by atoms with E-state index in [0.29, 0.717) is 5.57 Å². The van der Waals surface area contributed by atoms with E-state index >= 15 is 0 Å². The highest BCUT2D eigenvalue weighted by Crippen LogP contribution is 2.65. The summed E-state index contributed by atoms with van der Waals surface area (Å²) < 4.78 is 17.1. The van der Waals surface area contributed by atoms with Crippen LogP contribution < -0.4 is 0 Å². The highest BCUT2D eigenvalue weighted by Gasteiger charge is 2.81. The van der Waals surface area contributed by atoms with Gasteiger partial charge in [0.05, 0.1) is 0 Å². The SMILES string of the molecule is C=C1C(=O)OC2C1CCC1(C)OC13C=CC(=O)OC23C. The third kappa shape index (κ3) is 1.10. The molecule has 0 radical (unpaired) electrons. The zero-order chi connectivity index (χ0) is 14.3. The van der Waals surface area contributed by atoms with E-state index in [0.717, 1.165) is 12.8 Å². The Bertz CT molecular complexity index is 593. The second-order valence-corrected chi connectivity index (χ2v) is 6.43. The van der Waals surface area contributed by atoms with E-state index in [-0.39, 0.29) is 11.5 Å². The maximum atomic E-state index is 11.8. The Morgan fingerprint density at radius 1 is 1.35 bits per heavy atom. The number of hydrogen-bond acceptors (Lipinski definition) is 5. The van der Waals surface area contributed by atoms with E-state index in [4.69, 9.17) is 14.2 Å². The van der Waals surface area contributed by atoms with Gasteiger partial charge in [0, 0.05) is 17.6 Å². The first-order valence-electron chi connectivity index (χ1n) is 6.85. The van der Waals surface area contributed by atoms with Gasteiger partial charge in [-0.25, -0.2) is 9.59 Å². The molecule has 20 heavy (non-hydrogen) atoms. The van der Waals surface area contributed by atoms with E-state index in [9.17, 15) is 9.59 Å². The van der Waals surface area contributed by atoms with E-state index < -0.39 is 29.2 Å². The molecule has 5 nitrogen and oxygen atoms in total. The molecule has 0 bridgehead atoms. The van der Waals surface area contributed by atoms with Crippen LogP contribution in [0.25, 0.3) is 0 Å². The molecule has 1 aliphatic carbocycles. The highest BCUT2D eigenvalue weighted by atomic mass is 16.7. The Labute approximate surface area is 116 Å². The summed E-state index contributed by atoms with van der Waals surface area (Å²) in [5.74, 6) is -0.937. The van der Waals surface area contributed by atoms with E-state index in [2.05, 4.69) is 6.58 Å². The number of rotatable bonds is 0. The lowest BCUT2D eigenvalue weighted by Crippen LogP contribution is -2.59. The monoisotopic (exact) mass is 276 g/mol. The summed E-state index contributed by atoms with van der Waals surface area (Å²) in [6, 6.07) is 0. The van der Waals surface area contributed by atoms with Crippen molar-refractivity contribution in [2.24, 2.45) is 5.92 Å². The van der Waals surface area contributed by atoms with Gasteiger partial charge < -0.3 is 14.2 Å². The molecule has 2 saturated heterocycles. The van der Waals surface area contributed by atoms with Crippen LogP contribution in [0.15, 0.2) is 24.3 Å². The number of ether oxygens (including phenoxy) is 3. The van der Waals surface area contributed by atoms with Gasteiger partial charge in [-0.05, 0) is 32.8 Å². The summed E-state index contributed by atoms with van der Waals surface area (Å²) in [7, 11) is 0. The minimum atomic E-state index is -0.996. The van der Waals surface area contributed by atoms with Gasteiger partial charge in [0.25, 0.3) is 0 Å². The molecule has 1 spiro atoms. The van der Waals surface area contributed by atoms with Crippen molar-refractivity contribution in [1.29, 1.82) is 0 Å². The van der Waals surface area contributed by atoms with Crippen molar-refractivity contribution in [2.75, 3.05) is 0 Å². The molecule has 0 aromatic heterocycles. The lowest BCUT2D eigenvalue weighted by molar-refractivity contribution is -0.187. The van der Waals surface area contributed by atoms with Crippen LogP contribution in [0.5, 0.6) is 0 Å². The van der Waals surface area contributed by atoms with Crippen molar-refractivity contribution >= 4 is 11.9 Å². The van der Waals surface area contributed by atoms with Gasteiger partial charge in [-0.2, -0.15) is 0 Å². The summed E-state index contributed by atoms with van der Waals surface area (Å²) >= 11 is 0. The molecule has 106 valence electrons. The fourth-order valence-electron chi connectivity index (χ4n) is 4.20. The first-order chi connectivity index (χ1) is 9.33. The van der Waals surface area contributed by atoms with Crippen molar-refractivity contribution in [3.63, 3.8) is 0 Å². The molecule has 1 saturated carbocycles. The first kappa shape index (κ1) is 12.1.